The number of nitrogens with one attached hydrogen (secondary N) is 1. The summed E-state index contributed by atoms with van der Waals surface area (Å²) < 4.78 is 0. The molecule has 1 aromatic carbocycles. The van der Waals surface area contributed by atoms with E-state index < -0.39 is 0 Å². The van der Waals surface area contributed by atoms with Crippen LogP contribution in [-0.2, 0) is 4.79 Å². The molecule has 0 aromatic heterocycles. The van der Waals surface area contributed by atoms with E-state index in [1.165, 1.54) is 6.42 Å². The summed E-state index contributed by atoms with van der Waals surface area (Å²) in [7, 11) is 0. The number of carbonyl (C=O) groups excluding carboxylic acids is 2. The van der Waals surface area contributed by atoms with E-state index in [0.717, 1.165) is 25.7 Å². The van der Waals surface area contributed by atoms with E-state index in [1.54, 1.807) is 17.0 Å². The fraction of sp³-hybridized carbons (Fsp3) is 0.600. The van der Waals surface area contributed by atoms with Crippen molar-refractivity contribution in [3.63, 3.8) is 0 Å². The quantitative estimate of drug-likeness (QED) is 0.795. The van der Waals surface area contributed by atoms with E-state index >= 15 is 0 Å². The zero-order valence-corrected chi connectivity index (χ0v) is 15.5. The fourth-order valence-corrected chi connectivity index (χ4v) is 3.75. The maximum Gasteiger partial charge on any atom is 0.255 e. The largest absolute Gasteiger partial charge is 0.339 e. The lowest BCUT2D eigenvalue weighted by atomic mass is 9.71. The van der Waals surface area contributed by atoms with Crippen molar-refractivity contribution in [1.29, 1.82) is 0 Å². The van der Waals surface area contributed by atoms with E-state index in [4.69, 9.17) is 5.73 Å². The predicted molar refractivity (Wildman–Crippen MR) is 102 cm³/mol. The molecule has 1 aromatic rings. The minimum absolute atomic E-state index is 0.0489. The van der Waals surface area contributed by atoms with Gasteiger partial charge in [0.15, 0.2) is 0 Å². The molecule has 0 heterocycles. The van der Waals surface area contributed by atoms with Crippen LogP contribution in [0.3, 0.4) is 0 Å². The molecule has 0 radical (unpaired) electrons. The molecule has 2 rings (SSSR count). The van der Waals surface area contributed by atoms with Crippen LogP contribution >= 0.6 is 0 Å². The van der Waals surface area contributed by atoms with Crippen molar-refractivity contribution in [3.8, 4) is 0 Å². The summed E-state index contributed by atoms with van der Waals surface area (Å²) in [6, 6.07) is 7.24. The second-order valence-corrected chi connectivity index (χ2v) is 7.01. The molecule has 1 saturated carbocycles. The second kappa shape index (κ2) is 8.99. The first kappa shape index (κ1) is 19.4. The molecule has 1 fully saturated rings. The van der Waals surface area contributed by atoms with Gasteiger partial charge in [0.05, 0.1) is 11.3 Å². The standard InChI is InChI=1S/C20H31N3O2/c1-3-23(4-2)19(25)16-10-6-7-11-17(16)22-18(24)14-20(15-21)12-8-5-9-13-20/h6-7,10-11H,3-5,8-9,12-15,21H2,1-2H3,(H,22,24). The Morgan fingerprint density at radius 1 is 1.12 bits per heavy atom. The average molecular weight is 345 g/mol. The lowest BCUT2D eigenvalue weighted by Crippen LogP contribution is -2.37. The van der Waals surface area contributed by atoms with Gasteiger partial charge in [-0.05, 0) is 50.8 Å². The van der Waals surface area contributed by atoms with Crippen molar-refractivity contribution >= 4 is 17.5 Å². The molecule has 0 bridgehead atoms. The van der Waals surface area contributed by atoms with E-state index in [9.17, 15) is 9.59 Å². The fourth-order valence-electron chi connectivity index (χ4n) is 3.75. The number of carbonyl (C=O) groups is 2. The Kier molecular flexibility index (Phi) is 7.00. The maximum atomic E-state index is 12.7. The third kappa shape index (κ3) is 4.82. The van der Waals surface area contributed by atoms with Crippen LogP contribution in [0.4, 0.5) is 5.69 Å². The first-order chi connectivity index (χ1) is 12.0. The van der Waals surface area contributed by atoms with Crippen LogP contribution < -0.4 is 11.1 Å². The van der Waals surface area contributed by atoms with E-state index in [2.05, 4.69) is 5.32 Å². The minimum Gasteiger partial charge on any atom is -0.339 e. The number of nitrogens with zero attached hydrogens (tertiary/aromatic N) is 1. The Hall–Kier alpha value is -1.88. The highest BCUT2D eigenvalue weighted by atomic mass is 16.2. The highest BCUT2D eigenvalue weighted by Crippen LogP contribution is 2.38. The molecule has 0 spiro atoms. The lowest BCUT2D eigenvalue weighted by molar-refractivity contribution is -0.118. The first-order valence-electron chi connectivity index (χ1n) is 9.43. The van der Waals surface area contributed by atoms with Gasteiger partial charge in [0, 0.05) is 19.5 Å². The number of hydrogen-bond acceptors (Lipinski definition) is 3. The molecule has 0 saturated heterocycles. The molecule has 2 amide bonds. The van der Waals surface area contributed by atoms with Gasteiger partial charge in [0.25, 0.3) is 5.91 Å². The summed E-state index contributed by atoms with van der Waals surface area (Å²) in [5, 5.41) is 2.96. The van der Waals surface area contributed by atoms with Crippen LogP contribution in [0.1, 0.15) is 62.7 Å². The van der Waals surface area contributed by atoms with Gasteiger partial charge >= 0.3 is 0 Å². The highest BCUT2D eigenvalue weighted by Gasteiger charge is 2.33. The molecule has 1 aliphatic rings. The Bertz CT molecular complexity index is 590. The minimum atomic E-state index is -0.0832. The van der Waals surface area contributed by atoms with Crippen LogP contribution in [0.25, 0.3) is 0 Å². The van der Waals surface area contributed by atoms with Crippen LogP contribution in [0.5, 0.6) is 0 Å². The Morgan fingerprint density at radius 3 is 2.36 bits per heavy atom. The average Bonchev–Trinajstić information content (AvgIpc) is 2.63. The summed E-state index contributed by atoms with van der Waals surface area (Å²) in [5.41, 5.74) is 7.05. The van der Waals surface area contributed by atoms with Gasteiger partial charge < -0.3 is 16.0 Å². The van der Waals surface area contributed by atoms with Crippen LogP contribution in [0, 0.1) is 5.41 Å². The number of anilines is 1. The van der Waals surface area contributed by atoms with Crippen LogP contribution in [0.15, 0.2) is 24.3 Å². The third-order valence-corrected chi connectivity index (χ3v) is 5.36. The zero-order chi connectivity index (χ0) is 18.3. The summed E-state index contributed by atoms with van der Waals surface area (Å²) in [6.45, 7) is 5.75. The highest BCUT2D eigenvalue weighted by molar-refractivity contribution is 6.03. The predicted octanol–water partition coefficient (Wildman–Crippen LogP) is 3.41. The number of amides is 2. The van der Waals surface area contributed by atoms with Gasteiger partial charge in [0.1, 0.15) is 0 Å². The van der Waals surface area contributed by atoms with Gasteiger partial charge in [-0.25, -0.2) is 0 Å². The molecule has 0 atom stereocenters. The topological polar surface area (TPSA) is 75.4 Å². The van der Waals surface area contributed by atoms with E-state index in [1.807, 2.05) is 26.0 Å². The molecule has 0 unspecified atom stereocenters. The third-order valence-electron chi connectivity index (χ3n) is 5.36. The Morgan fingerprint density at radius 2 is 1.76 bits per heavy atom. The summed E-state index contributed by atoms with van der Waals surface area (Å²) >= 11 is 0. The van der Waals surface area contributed by atoms with Gasteiger partial charge in [-0.15, -0.1) is 0 Å². The molecule has 25 heavy (non-hydrogen) atoms. The SMILES string of the molecule is CCN(CC)C(=O)c1ccccc1NC(=O)CC1(CN)CCCCC1. The van der Waals surface area contributed by atoms with Crippen molar-refractivity contribution in [2.24, 2.45) is 11.1 Å². The Balaban J connectivity index is 2.12. The van der Waals surface area contributed by atoms with E-state index in [0.29, 0.717) is 37.3 Å². The lowest BCUT2D eigenvalue weighted by Gasteiger charge is -2.35. The second-order valence-electron chi connectivity index (χ2n) is 7.01. The van der Waals surface area contributed by atoms with E-state index in [-0.39, 0.29) is 17.2 Å². The van der Waals surface area contributed by atoms with Crippen molar-refractivity contribution in [1.82, 2.24) is 4.90 Å². The molecular weight excluding hydrogens is 314 g/mol. The summed E-state index contributed by atoms with van der Waals surface area (Å²) in [6.07, 6.45) is 5.96. The summed E-state index contributed by atoms with van der Waals surface area (Å²) in [4.78, 5) is 27.1. The molecule has 138 valence electrons. The number of hydrogen-bond donors (Lipinski definition) is 2. The zero-order valence-electron chi connectivity index (χ0n) is 15.5. The van der Waals surface area contributed by atoms with Crippen molar-refractivity contribution in [2.75, 3.05) is 25.0 Å². The molecule has 3 N–H and O–H groups in total. The van der Waals surface area contributed by atoms with Crippen molar-refractivity contribution in [3.05, 3.63) is 29.8 Å². The summed E-state index contributed by atoms with van der Waals surface area (Å²) in [5.74, 6) is -0.0979. The van der Waals surface area contributed by atoms with Crippen LogP contribution in [-0.4, -0.2) is 36.3 Å². The Labute approximate surface area is 151 Å². The van der Waals surface area contributed by atoms with Gasteiger partial charge in [-0.2, -0.15) is 0 Å². The normalized spacial score (nSPS) is 16.3. The van der Waals surface area contributed by atoms with Crippen molar-refractivity contribution in [2.45, 2.75) is 52.4 Å². The number of para-hydroxylation sites is 1. The number of nitrogens with two attached hydrogens (primary N) is 1. The van der Waals surface area contributed by atoms with Crippen LogP contribution in [0.2, 0.25) is 0 Å². The van der Waals surface area contributed by atoms with Gasteiger partial charge in [-0.3, -0.25) is 9.59 Å². The van der Waals surface area contributed by atoms with Gasteiger partial charge in [0.2, 0.25) is 5.91 Å². The molecule has 1 aliphatic carbocycles. The number of rotatable bonds is 7. The monoisotopic (exact) mass is 345 g/mol. The first-order valence-corrected chi connectivity index (χ1v) is 9.43. The molecule has 0 aliphatic heterocycles. The smallest absolute Gasteiger partial charge is 0.255 e. The molecule has 5 heteroatoms. The molecule has 5 nitrogen and oxygen atoms in total. The van der Waals surface area contributed by atoms with Crippen molar-refractivity contribution < 1.29 is 9.59 Å². The number of benzene rings is 1. The van der Waals surface area contributed by atoms with Gasteiger partial charge in [-0.1, -0.05) is 31.4 Å². The molecular formula is C20H31N3O2. The maximum absolute atomic E-state index is 12.7.